The van der Waals surface area contributed by atoms with E-state index in [-0.39, 0.29) is 18.1 Å². The van der Waals surface area contributed by atoms with Crippen LogP contribution in [0.5, 0.6) is 0 Å². The lowest BCUT2D eigenvalue weighted by molar-refractivity contribution is -0.141. The maximum Gasteiger partial charge on any atom is 0.411 e. The summed E-state index contributed by atoms with van der Waals surface area (Å²) in [6.07, 6.45) is -1.88. The van der Waals surface area contributed by atoms with Gasteiger partial charge in [0, 0.05) is 17.2 Å². The zero-order valence-electron chi connectivity index (χ0n) is 19.3. The molecule has 8 nitrogen and oxygen atoms in total. The average molecular weight is 475 g/mol. The summed E-state index contributed by atoms with van der Waals surface area (Å²) in [7, 11) is 0. The molecular weight excluding hydrogens is 448 g/mol. The van der Waals surface area contributed by atoms with Gasteiger partial charge in [-0.15, -0.1) is 0 Å². The van der Waals surface area contributed by atoms with Gasteiger partial charge in [0.05, 0.1) is 6.10 Å². The molecule has 1 aliphatic rings. The minimum absolute atomic E-state index is 0.0589. The van der Waals surface area contributed by atoms with Crippen LogP contribution in [0.4, 0.5) is 10.5 Å². The Morgan fingerprint density at radius 2 is 1.57 bits per heavy atom. The number of aliphatic carboxylic acids is 1. The van der Waals surface area contributed by atoms with Crippen molar-refractivity contribution in [2.24, 2.45) is 0 Å². The highest BCUT2D eigenvalue weighted by atomic mass is 16.5. The number of hydrogen-bond donors (Lipinski definition) is 4. The summed E-state index contributed by atoms with van der Waals surface area (Å²) < 4.78 is 5.56. The number of carbonyl (C=O) groups is 3. The molecule has 2 amide bonds. The van der Waals surface area contributed by atoms with Crippen molar-refractivity contribution in [3.63, 3.8) is 0 Å². The fourth-order valence-corrected chi connectivity index (χ4v) is 4.30. The number of rotatable bonds is 7. The Morgan fingerprint density at radius 1 is 0.971 bits per heavy atom. The van der Waals surface area contributed by atoms with E-state index in [1.807, 2.05) is 36.4 Å². The largest absolute Gasteiger partial charge is 0.480 e. The minimum Gasteiger partial charge on any atom is -0.480 e. The number of fused-ring (bicyclic) bond motifs is 3. The molecule has 35 heavy (non-hydrogen) atoms. The third-order valence-electron chi connectivity index (χ3n) is 6.10. The maximum atomic E-state index is 12.6. The van der Waals surface area contributed by atoms with Crippen molar-refractivity contribution in [3.05, 3.63) is 89.0 Å². The number of nitrogens with one attached hydrogen (secondary N) is 2. The zero-order valence-corrected chi connectivity index (χ0v) is 19.3. The number of aliphatic hydroxyl groups is 1. The zero-order chi connectivity index (χ0) is 25.1. The van der Waals surface area contributed by atoms with Crippen molar-refractivity contribution >= 4 is 23.7 Å². The van der Waals surface area contributed by atoms with Crippen LogP contribution in [0.2, 0.25) is 0 Å². The molecule has 0 heterocycles. The Balaban J connectivity index is 1.40. The molecule has 1 aliphatic carbocycles. The second kappa shape index (κ2) is 9.99. The molecule has 180 valence electrons. The van der Waals surface area contributed by atoms with E-state index in [0.717, 1.165) is 22.3 Å². The lowest BCUT2D eigenvalue weighted by Crippen LogP contribution is -2.47. The topological polar surface area (TPSA) is 125 Å². The number of hydrogen-bond acceptors (Lipinski definition) is 5. The van der Waals surface area contributed by atoms with Gasteiger partial charge in [-0.25, -0.2) is 9.59 Å². The lowest BCUT2D eigenvalue weighted by atomic mass is 9.98. The van der Waals surface area contributed by atoms with E-state index in [2.05, 4.69) is 22.8 Å². The van der Waals surface area contributed by atoms with E-state index >= 15 is 0 Å². The fraction of sp³-hybridized carbons (Fsp3) is 0.222. The number of carbonyl (C=O) groups excluding carboxylic acids is 2. The summed E-state index contributed by atoms with van der Waals surface area (Å²) in [6, 6.07) is 19.2. The fourth-order valence-electron chi connectivity index (χ4n) is 4.30. The summed E-state index contributed by atoms with van der Waals surface area (Å²) in [6.45, 7) is 3.17. The standard InChI is InChI=1S/C27H26N2O6/c1-15-13-17(25(31)29-24(16(2)30)26(32)33)11-12-23(15)28-27(34)35-14-22-20-9-5-3-7-18(20)19-8-4-6-10-21(19)22/h3-13,16,22,24,30H,14H2,1-2H3,(H,28,34)(H,29,31)(H,32,33). The van der Waals surface area contributed by atoms with Gasteiger partial charge in [0.25, 0.3) is 5.91 Å². The Bertz CT molecular complexity index is 1240. The molecule has 0 radical (unpaired) electrons. The van der Waals surface area contributed by atoms with E-state index in [4.69, 9.17) is 9.84 Å². The summed E-state index contributed by atoms with van der Waals surface area (Å²) >= 11 is 0. The minimum atomic E-state index is -1.43. The first-order chi connectivity index (χ1) is 16.8. The van der Waals surface area contributed by atoms with Gasteiger partial charge in [-0.2, -0.15) is 0 Å². The van der Waals surface area contributed by atoms with Crippen molar-refractivity contribution in [2.75, 3.05) is 11.9 Å². The molecule has 0 bridgehead atoms. The SMILES string of the molecule is Cc1cc(C(=O)NC(C(=O)O)C(C)O)ccc1NC(=O)OCC1c2ccccc2-c2ccccc21. The Labute approximate surface area is 202 Å². The van der Waals surface area contributed by atoms with Crippen molar-refractivity contribution < 1.29 is 29.3 Å². The van der Waals surface area contributed by atoms with Crippen molar-refractivity contribution in [3.8, 4) is 11.1 Å². The number of amides is 2. The number of benzene rings is 3. The van der Waals surface area contributed by atoms with E-state index in [9.17, 15) is 19.5 Å². The predicted octanol–water partition coefficient (Wildman–Crippen LogP) is 3.92. The average Bonchev–Trinajstić information content (AvgIpc) is 3.15. The molecule has 4 N–H and O–H groups in total. The Hall–Kier alpha value is -4.17. The van der Waals surface area contributed by atoms with Gasteiger partial charge in [-0.1, -0.05) is 48.5 Å². The number of ether oxygens (including phenoxy) is 1. The second-order valence-electron chi connectivity index (χ2n) is 8.51. The van der Waals surface area contributed by atoms with Crippen LogP contribution in [0.3, 0.4) is 0 Å². The van der Waals surface area contributed by atoms with Crippen molar-refractivity contribution in [1.29, 1.82) is 0 Å². The normalized spacial score (nSPS) is 13.8. The van der Waals surface area contributed by atoms with Crippen LogP contribution in [-0.2, 0) is 9.53 Å². The first-order valence-corrected chi connectivity index (χ1v) is 11.2. The molecule has 2 atom stereocenters. The Morgan fingerprint density at radius 3 is 2.11 bits per heavy atom. The molecule has 8 heteroatoms. The van der Waals surface area contributed by atoms with Gasteiger partial charge in [0.1, 0.15) is 6.61 Å². The van der Waals surface area contributed by atoms with Gasteiger partial charge in [0.2, 0.25) is 0 Å². The number of carboxylic acids is 1. The highest BCUT2D eigenvalue weighted by Crippen LogP contribution is 2.44. The van der Waals surface area contributed by atoms with Gasteiger partial charge in [0.15, 0.2) is 6.04 Å². The predicted molar refractivity (Wildman–Crippen MR) is 130 cm³/mol. The van der Waals surface area contributed by atoms with Crippen LogP contribution in [0.25, 0.3) is 11.1 Å². The summed E-state index contributed by atoms with van der Waals surface area (Å²) in [4.78, 5) is 36.2. The highest BCUT2D eigenvalue weighted by molar-refractivity contribution is 5.98. The van der Waals surface area contributed by atoms with E-state index < -0.39 is 30.1 Å². The Kier molecular flexibility index (Phi) is 6.84. The molecule has 4 rings (SSSR count). The van der Waals surface area contributed by atoms with Crippen molar-refractivity contribution in [2.45, 2.75) is 31.9 Å². The number of anilines is 1. The molecule has 0 saturated heterocycles. The number of aliphatic hydroxyl groups excluding tert-OH is 1. The van der Waals surface area contributed by atoms with Crippen LogP contribution in [0.1, 0.15) is 39.9 Å². The summed E-state index contributed by atoms with van der Waals surface area (Å²) in [5, 5.41) is 23.7. The second-order valence-corrected chi connectivity index (χ2v) is 8.51. The van der Waals surface area contributed by atoms with Gasteiger partial charge in [-0.3, -0.25) is 10.1 Å². The first-order valence-electron chi connectivity index (χ1n) is 11.2. The molecule has 3 aromatic rings. The summed E-state index contributed by atoms with van der Waals surface area (Å²) in [5.41, 5.74) is 5.77. The van der Waals surface area contributed by atoms with Crippen LogP contribution >= 0.6 is 0 Å². The highest BCUT2D eigenvalue weighted by Gasteiger charge is 2.29. The third-order valence-corrected chi connectivity index (χ3v) is 6.10. The van der Waals surface area contributed by atoms with Gasteiger partial charge < -0.3 is 20.3 Å². The molecular formula is C27H26N2O6. The molecule has 3 aromatic carbocycles. The molecule has 0 aromatic heterocycles. The number of carboxylic acid groups (broad SMARTS) is 1. The van der Waals surface area contributed by atoms with E-state index in [1.54, 1.807) is 13.0 Å². The third kappa shape index (κ3) is 5.02. The number of aryl methyl sites for hydroxylation is 1. The summed E-state index contributed by atoms with van der Waals surface area (Å²) in [5.74, 6) is -2.04. The van der Waals surface area contributed by atoms with Crippen molar-refractivity contribution in [1.82, 2.24) is 5.32 Å². The maximum absolute atomic E-state index is 12.6. The molecule has 2 unspecified atom stereocenters. The lowest BCUT2D eigenvalue weighted by Gasteiger charge is -2.18. The van der Waals surface area contributed by atoms with E-state index in [0.29, 0.717) is 11.3 Å². The molecule has 0 fully saturated rings. The molecule has 0 saturated carbocycles. The van der Waals surface area contributed by atoms with Gasteiger partial charge in [-0.05, 0) is 59.9 Å². The quantitative estimate of drug-likeness (QED) is 0.411. The van der Waals surface area contributed by atoms with Crippen LogP contribution in [-0.4, -0.2) is 46.9 Å². The van der Waals surface area contributed by atoms with Gasteiger partial charge >= 0.3 is 12.1 Å². The van der Waals surface area contributed by atoms with Crippen LogP contribution < -0.4 is 10.6 Å². The van der Waals surface area contributed by atoms with Crippen LogP contribution in [0.15, 0.2) is 66.7 Å². The van der Waals surface area contributed by atoms with Crippen LogP contribution in [0, 0.1) is 6.92 Å². The molecule has 0 aliphatic heterocycles. The molecule has 0 spiro atoms. The van der Waals surface area contributed by atoms with E-state index in [1.165, 1.54) is 19.1 Å². The monoisotopic (exact) mass is 474 g/mol. The first kappa shape index (κ1) is 24.0. The smallest absolute Gasteiger partial charge is 0.411 e.